The lowest BCUT2D eigenvalue weighted by molar-refractivity contribution is 0.0159. The van der Waals surface area contributed by atoms with E-state index in [-0.39, 0.29) is 11.4 Å². The van der Waals surface area contributed by atoms with Gasteiger partial charge < -0.3 is 4.90 Å². The van der Waals surface area contributed by atoms with Gasteiger partial charge in [0.1, 0.15) is 0 Å². The Labute approximate surface area is 130 Å². The second-order valence-electron chi connectivity index (χ2n) is 7.30. The van der Waals surface area contributed by atoms with Gasteiger partial charge in [-0.15, -0.1) is 0 Å². The highest BCUT2D eigenvalue weighted by molar-refractivity contribution is 6.07. The van der Waals surface area contributed by atoms with Crippen LogP contribution in [0.5, 0.6) is 0 Å². The number of hydrogen-bond acceptors (Lipinski definition) is 3. The summed E-state index contributed by atoms with van der Waals surface area (Å²) in [6.07, 6.45) is 3.42. The van der Waals surface area contributed by atoms with Crippen LogP contribution >= 0.6 is 0 Å². The van der Waals surface area contributed by atoms with E-state index in [1.807, 2.05) is 24.9 Å². The van der Waals surface area contributed by atoms with Gasteiger partial charge in [0.2, 0.25) is 0 Å². The van der Waals surface area contributed by atoms with E-state index in [0.717, 1.165) is 41.0 Å². The van der Waals surface area contributed by atoms with Crippen LogP contribution in [-0.4, -0.2) is 37.7 Å². The van der Waals surface area contributed by atoms with E-state index in [0.29, 0.717) is 5.92 Å². The van der Waals surface area contributed by atoms with Crippen molar-refractivity contribution in [1.29, 1.82) is 0 Å². The molecule has 2 aromatic rings. The van der Waals surface area contributed by atoms with Gasteiger partial charge in [-0.3, -0.25) is 9.48 Å². The highest BCUT2D eigenvalue weighted by atomic mass is 16.2. The predicted molar refractivity (Wildman–Crippen MR) is 85.0 cm³/mol. The summed E-state index contributed by atoms with van der Waals surface area (Å²) in [6.45, 7) is 7.06. The largest absolute Gasteiger partial charge is 0.333 e. The second kappa shape index (κ2) is 4.31. The van der Waals surface area contributed by atoms with E-state index in [1.54, 1.807) is 4.68 Å². The number of aromatic nitrogens is 3. The molecule has 0 radical (unpaired) electrons. The topological polar surface area (TPSA) is 51.0 Å². The molecule has 0 unspecified atom stereocenters. The second-order valence-corrected chi connectivity index (χ2v) is 7.30. The molecule has 22 heavy (non-hydrogen) atoms. The van der Waals surface area contributed by atoms with E-state index in [1.165, 1.54) is 12.8 Å². The average molecular weight is 298 g/mol. The molecule has 2 fully saturated rings. The Morgan fingerprint density at radius 1 is 1.36 bits per heavy atom. The predicted octanol–water partition coefficient (Wildman–Crippen LogP) is 2.78. The number of fused-ring (bicyclic) bond motifs is 1. The Bertz CT molecular complexity index is 786. The minimum atomic E-state index is -0.0392. The number of carbonyl (C=O) groups is 1. The molecule has 0 bridgehead atoms. The van der Waals surface area contributed by atoms with Gasteiger partial charge in [-0.2, -0.15) is 5.10 Å². The third-order valence-corrected chi connectivity index (χ3v) is 5.14. The van der Waals surface area contributed by atoms with Crippen molar-refractivity contribution in [3.8, 4) is 0 Å². The first-order valence-corrected chi connectivity index (χ1v) is 8.05. The summed E-state index contributed by atoms with van der Waals surface area (Å²) in [5, 5.41) is 5.39. The van der Waals surface area contributed by atoms with Crippen molar-refractivity contribution in [3.05, 3.63) is 23.0 Å². The van der Waals surface area contributed by atoms with Crippen molar-refractivity contribution in [3.63, 3.8) is 0 Å². The first-order valence-electron chi connectivity index (χ1n) is 8.05. The van der Waals surface area contributed by atoms with Gasteiger partial charge in [-0.25, -0.2) is 4.98 Å². The Morgan fingerprint density at radius 3 is 2.64 bits per heavy atom. The molecular weight excluding hydrogens is 276 g/mol. The minimum absolute atomic E-state index is 0.0392. The van der Waals surface area contributed by atoms with E-state index >= 15 is 0 Å². The quantitative estimate of drug-likeness (QED) is 0.856. The van der Waals surface area contributed by atoms with Gasteiger partial charge in [0, 0.05) is 30.7 Å². The van der Waals surface area contributed by atoms with Crippen LogP contribution in [-0.2, 0) is 7.05 Å². The summed E-state index contributed by atoms with van der Waals surface area (Å²) < 4.78 is 1.80. The maximum absolute atomic E-state index is 13.1. The van der Waals surface area contributed by atoms with Crippen LogP contribution in [0.25, 0.3) is 11.0 Å². The Hall–Kier alpha value is -1.91. The van der Waals surface area contributed by atoms with Crippen LogP contribution in [0, 0.1) is 6.92 Å². The number of amides is 1. The molecule has 4 rings (SSSR count). The van der Waals surface area contributed by atoms with Crippen molar-refractivity contribution >= 4 is 16.9 Å². The number of likely N-dealkylation sites (tertiary alicyclic amines) is 1. The van der Waals surface area contributed by atoms with E-state index in [4.69, 9.17) is 4.98 Å². The molecule has 0 atom stereocenters. The fourth-order valence-electron chi connectivity index (χ4n) is 3.41. The summed E-state index contributed by atoms with van der Waals surface area (Å²) in [5.41, 5.74) is 3.52. The van der Waals surface area contributed by atoms with E-state index in [9.17, 15) is 4.79 Å². The van der Waals surface area contributed by atoms with Crippen molar-refractivity contribution in [2.45, 2.75) is 51.5 Å². The van der Waals surface area contributed by atoms with Crippen LogP contribution in [0.4, 0.5) is 0 Å². The molecule has 0 N–H and O–H groups in total. The lowest BCUT2D eigenvalue weighted by atomic mass is 9.87. The van der Waals surface area contributed by atoms with Crippen LogP contribution in [0.1, 0.15) is 60.8 Å². The molecule has 1 saturated heterocycles. The van der Waals surface area contributed by atoms with Gasteiger partial charge in [-0.1, -0.05) is 0 Å². The minimum Gasteiger partial charge on any atom is -0.333 e. The van der Waals surface area contributed by atoms with Crippen LogP contribution in [0.15, 0.2) is 6.07 Å². The molecule has 0 aromatic carbocycles. The molecule has 1 amide bonds. The fraction of sp³-hybridized carbons (Fsp3) is 0.588. The molecular formula is C17H22N4O. The molecule has 2 aliphatic rings. The highest BCUT2D eigenvalue weighted by Gasteiger charge is 2.41. The van der Waals surface area contributed by atoms with Crippen LogP contribution in [0.3, 0.4) is 0 Å². The highest BCUT2D eigenvalue weighted by Crippen LogP contribution is 2.41. The summed E-state index contributed by atoms with van der Waals surface area (Å²) in [5.74, 6) is 0.650. The molecule has 3 heterocycles. The van der Waals surface area contributed by atoms with Gasteiger partial charge >= 0.3 is 0 Å². The summed E-state index contributed by atoms with van der Waals surface area (Å²) >= 11 is 0. The van der Waals surface area contributed by atoms with E-state index in [2.05, 4.69) is 18.9 Å². The Balaban J connectivity index is 1.89. The zero-order valence-corrected chi connectivity index (χ0v) is 13.7. The zero-order valence-electron chi connectivity index (χ0n) is 13.7. The third-order valence-electron chi connectivity index (χ3n) is 5.14. The first kappa shape index (κ1) is 13.7. The Kier molecular flexibility index (Phi) is 2.69. The zero-order chi connectivity index (χ0) is 15.6. The molecule has 1 saturated carbocycles. The molecule has 1 aliphatic carbocycles. The molecule has 5 nitrogen and oxygen atoms in total. The number of pyridine rings is 1. The standard InChI is InChI=1S/C17H22N4O/c1-10-14-12(16(22)21-8-7-17(21,2)3)9-13(11-5-6-11)18-15(14)20(4)19-10/h9,11H,5-8H2,1-4H3. The fourth-order valence-corrected chi connectivity index (χ4v) is 3.41. The summed E-state index contributed by atoms with van der Waals surface area (Å²) in [6, 6.07) is 2.02. The maximum atomic E-state index is 13.1. The van der Waals surface area contributed by atoms with Crippen molar-refractivity contribution < 1.29 is 4.79 Å². The number of rotatable bonds is 2. The lowest BCUT2D eigenvalue weighted by Crippen LogP contribution is -2.58. The number of carbonyl (C=O) groups excluding carboxylic acids is 1. The van der Waals surface area contributed by atoms with Crippen LogP contribution in [0.2, 0.25) is 0 Å². The van der Waals surface area contributed by atoms with Crippen LogP contribution < -0.4 is 0 Å². The number of hydrogen-bond donors (Lipinski definition) is 0. The lowest BCUT2D eigenvalue weighted by Gasteiger charge is -2.48. The normalized spacial score (nSPS) is 20.3. The van der Waals surface area contributed by atoms with Crippen molar-refractivity contribution in [2.24, 2.45) is 7.05 Å². The maximum Gasteiger partial charge on any atom is 0.255 e. The van der Waals surface area contributed by atoms with Crippen molar-refractivity contribution in [2.75, 3.05) is 6.54 Å². The average Bonchev–Trinajstić information content (AvgIpc) is 3.25. The summed E-state index contributed by atoms with van der Waals surface area (Å²) in [7, 11) is 1.90. The smallest absolute Gasteiger partial charge is 0.255 e. The number of aryl methyl sites for hydroxylation is 2. The summed E-state index contributed by atoms with van der Waals surface area (Å²) in [4.78, 5) is 19.8. The van der Waals surface area contributed by atoms with Gasteiger partial charge in [0.15, 0.2) is 5.65 Å². The first-order chi connectivity index (χ1) is 10.4. The van der Waals surface area contributed by atoms with Crippen molar-refractivity contribution in [1.82, 2.24) is 19.7 Å². The number of nitrogens with zero attached hydrogens (tertiary/aromatic N) is 4. The molecule has 0 spiro atoms. The third kappa shape index (κ3) is 1.87. The Morgan fingerprint density at radius 2 is 2.09 bits per heavy atom. The van der Waals surface area contributed by atoms with Gasteiger partial charge in [0.25, 0.3) is 5.91 Å². The molecule has 5 heteroatoms. The van der Waals surface area contributed by atoms with Gasteiger partial charge in [-0.05, 0) is 46.1 Å². The monoisotopic (exact) mass is 298 g/mol. The van der Waals surface area contributed by atoms with E-state index < -0.39 is 0 Å². The molecule has 1 aliphatic heterocycles. The van der Waals surface area contributed by atoms with Gasteiger partial charge in [0.05, 0.1) is 16.6 Å². The molecule has 2 aromatic heterocycles. The molecule has 116 valence electrons. The SMILES string of the molecule is Cc1nn(C)c2nc(C3CC3)cc(C(=O)N3CCC3(C)C)c12.